The number of rotatable bonds is 7. The van der Waals surface area contributed by atoms with Crippen LogP contribution in [0.25, 0.3) is 0 Å². The molecule has 0 spiro atoms. The molecular formula is C20H24N2O6S. The molecular weight excluding hydrogens is 396 g/mol. The van der Waals surface area contributed by atoms with E-state index in [4.69, 9.17) is 14.2 Å². The molecule has 1 aliphatic heterocycles. The van der Waals surface area contributed by atoms with E-state index in [2.05, 4.69) is 5.32 Å². The van der Waals surface area contributed by atoms with Crippen molar-refractivity contribution in [1.82, 2.24) is 4.31 Å². The minimum Gasteiger partial charge on any atom is -0.495 e. The smallest absolute Gasteiger partial charge is 0.262 e. The molecule has 1 amide bonds. The van der Waals surface area contributed by atoms with Crippen molar-refractivity contribution >= 4 is 21.6 Å². The van der Waals surface area contributed by atoms with Crippen LogP contribution in [0.4, 0.5) is 5.69 Å². The van der Waals surface area contributed by atoms with Crippen LogP contribution in [-0.4, -0.2) is 58.7 Å². The predicted molar refractivity (Wildman–Crippen MR) is 108 cm³/mol. The molecule has 0 unspecified atom stereocenters. The second kappa shape index (κ2) is 9.25. The first-order valence-electron chi connectivity index (χ1n) is 9.15. The number of anilines is 1. The molecule has 1 aliphatic rings. The van der Waals surface area contributed by atoms with E-state index in [1.54, 1.807) is 12.1 Å². The van der Waals surface area contributed by atoms with Crippen molar-refractivity contribution in [2.75, 3.05) is 45.3 Å². The van der Waals surface area contributed by atoms with E-state index < -0.39 is 15.9 Å². The zero-order valence-corrected chi connectivity index (χ0v) is 17.2. The number of sulfonamides is 1. The van der Waals surface area contributed by atoms with E-state index in [0.29, 0.717) is 37.8 Å². The van der Waals surface area contributed by atoms with Gasteiger partial charge in [0.05, 0.1) is 30.9 Å². The monoisotopic (exact) mass is 420 g/mol. The largest absolute Gasteiger partial charge is 0.495 e. The molecule has 0 aromatic heterocycles. The van der Waals surface area contributed by atoms with Crippen LogP contribution in [0, 0.1) is 6.92 Å². The van der Waals surface area contributed by atoms with E-state index in [-0.39, 0.29) is 17.2 Å². The van der Waals surface area contributed by atoms with E-state index in [9.17, 15) is 13.2 Å². The molecule has 2 aromatic rings. The summed E-state index contributed by atoms with van der Waals surface area (Å²) >= 11 is 0. The van der Waals surface area contributed by atoms with Gasteiger partial charge in [-0.2, -0.15) is 4.31 Å². The number of hydrogen-bond donors (Lipinski definition) is 1. The van der Waals surface area contributed by atoms with Gasteiger partial charge in [-0.1, -0.05) is 17.7 Å². The van der Waals surface area contributed by atoms with E-state index in [0.717, 1.165) is 5.56 Å². The highest BCUT2D eigenvalue weighted by molar-refractivity contribution is 7.89. The summed E-state index contributed by atoms with van der Waals surface area (Å²) in [7, 11) is -2.24. The first kappa shape index (κ1) is 21.1. The topological polar surface area (TPSA) is 94.2 Å². The molecule has 1 fully saturated rings. The Morgan fingerprint density at radius 3 is 2.48 bits per heavy atom. The zero-order valence-electron chi connectivity index (χ0n) is 16.4. The third-order valence-corrected chi connectivity index (χ3v) is 6.34. The van der Waals surface area contributed by atoms with Crippen molar-refractivity contribution in [2.24, 2.45) is 0 Å². The first-order valence-corrected chi connectivity index (χ1v) is 10.6. The van der Waals surface area contributed by atoms with Crippen molar-refractivity contribution in [2.45, 2.75) is 11.8 Å². The maximum atomic E-state index is 12.9. The summed E-state index contributed by atoms with van der Waals surface area (Å²) in [5, 5.41) is 2.66. The summed E-state index contributed by atoms with van der Waals surface area (Å²) in [6.07, 6.45) is 0. The number of carbonyl (C=O) groups is 1. The summed E-state index contributed by atoms with van der Waals surface area (Å²) in [6, 6.07) is 11.7. The van der Waals surface area contributed by atoms with Crippen molar-refractivity contribution in [3.8, 4) is 11.5 Å². The summed E-state index contributed by atoms with van der Waals surface area (Å²) in [4.78, 5) is 12.4. The van der Waals surface area contributed by atoms with Crippen molar-refractivity contribution < 1.29 is 27.4 Å². The van der Waals surface area contributed by atoms with Crippen LogP contribution < -0.4 is 14.8 Å². The SMILES string of the molecule is COc1ccc(S(=O)(=O)N2CCOCC2)cc1NC(=O)COc1ccc(C)cc1. The number of ether oxygens (including phenoxy) is 3. The summed E-state index contributed by atoms with van der Waals surface area (Å²) in [5.41, 5.74) is 1.35. The molecule has 2 aromatic carbocycles. The molecule has 3 rings (SSSR count). The molecule has 29 heavy (non-hydrogen) atoms. The summed E-state index contributed by atoms with van der Waals surface area (Å²) in [5.74, 6) is 0.501. The number of carbonyl (C=O) groups excluding carboxylic acids is 1. The van der Waals surface area contributed by atoms with Crippen LogP contribution in [0.5, 0.6) is 11.5 Å². The highest BCUT2D eigenvalue weighted by Crippen LogP contribution is 2.29. The number of nitrogens with one attached hydrogen (secondary N) is 1. The van der Waals surface area contributed by atoms with E-state index in [1.165, 1.54) is 29.6 Å². The van der Waals surface area contributed by atoms with E-state index in [1.807, 2.05) is 19.1 Å². The molecule has 0 bridgehead atoms. The normalized spacial score (nSPS) is 15.0. The molecule has 1 N–H and O–H groups in total. The van der Waals surface area contributed by atoms with Crippen LogP contribution >= 0.6 is 0 Å². The van der Waals surface area contributed by atoms with Gasteiger partial charge in [0, 0.05) is 13.1 Å². The molecule has 0 atom stereocenters. The van der Waals surface area contributed by atoms with Gasteiger partial charge in [0.15, 0.2) is 6.61 Å². The van der Waals surface area contributed by atoms with Crippen LogP contribution in [0.2, 0.25) is 0 Å². The second-order valence-electron chi connectivity index (χ2n) is 6.53. The number of amides is 1. The zero-order chi connectivity index (χ0) is 20.9. The molecule has 0 aliphatic carbocycles. The number of methoxy groups -OCH3 is 1. The second-order valence-corrected chi connectivity index (χ2v) is 8.47. The Kier molecular flexibility index (Phi) is 6.73. The van der Waals surface area contributed by atoms with Gasteiger partial charge in [-0.05, 0) is 37.3 Å². The average Bonchev–Trinajstić information content (AvgIpc) is 2.74. The van der Waals surface area contributed by atoms with Crippen LogP contribution in [-0.2, 0) is 19.6 Å². The van der Waals surface area contributed by atoms with Gasteiger partial charge in [-0.3, -0.25) is 4.79 Å². The Bertz CT molecular complexity index is 953. The third kappa shape index (κ3) is 5.26. The van der Waals surface area contributed by atoms with Gasteiger partial charge in [-0.15, -0.1) is 0 Å². The fourth-order valence-electron chi connectivity index (χ4n) is 2.85. The van der Waals surface area contributed by atoms with Crippen molar-refractivity contribution in [1.29, 1.82) is 0 Å². The van der Waals surface area contributed by atoms with Gasteiger partial charge in [0.2, 0.25) is 10.0 Å². The lowest BCUT2D eigenvalue weighted by molar-refractivity contribution is -0.118. The minimum atomic E-state index is -3.69. The van der Waals surface area contributed by atoms with Crippen LogP contribution in [0.1, 0.15) is 5.56 Å². The molecule has 156 valence electrons. The van der Waals surface area contributed by atoms with Gasteiger partial charge in [0.25, 0.3) is 5.91 Å². The Morgan fingerprint density at radius 2 is 1.83 bits per heavy atom. The van der Waals surface area contributed by atoms with Crippen LogP contribution in [0.15, 0.2) is 47.4 Å². The Balaban J connectivity index is 1.72. The van der Waals surface area contributed by atoms with Gasteiger partial charge in [0.1, 0.15) is 11.5 Å². The van der Waals surface area contributed by atoms with Gasteiger partial charge in [-0.25, -0.2) is 8.42 Å². The highest BCUT2D eigenvalue weighted by atomic mass is 32.2. The minimum absolute atomic E-state index is 0.0787. The lowest BCUT2D eigenvalue weighted by Gasteiger charge is -2.26. The Hall–Kier alpha value is -2.62. The molecule has 0 radical (unpaired) electrons. The molecule has 0 saturated carbocycles. The maximum Gasteiger partial charge on any atom is 0.262 e. The first-order chi connectivity index (χ1) is 13.9. The predicted octanol–water partition coefficient (Wildman–Crippen LogP) is 2.04. The number of morpholine rings is 1. The number of nitrogens with zero attached hydrogens (tertiary/aromatic N) is 1. The fourth-order valence-corrected chi connectivity index (χ4v) is 4.29. The lowest BCUT2D eigenvalue weighted by Crippen LogP contribution is -2.40. The molecule has 9 heteroatoms. The Labute approximate surface area is 170 Å². The molecule has 1 heterocycles. The van der Waals surface area contributed by atoms with Gasteiger partial charge < -0.3 is 19.5 Å². The number of aryl methyl sites for hydroxylation is 1. The lowest BCUT2D eigenvalue weighted by atomic mass is 10.2. The standard InChI is InChI=1S/C20H24N2O6S/c1-15-3-5-16(6-4-15)28-14-20(23)21-18-13-17(7-8-19(18)26-2)29(24,25)22-9-11-27-12-10-22/h3-8,13H,9-12,14H2,1-2H3,(H,21,23). The van der Waals surface area contributed by atoms with Crippen molar-refractivity contribution in [3.05, 3.63) is 48.0 Å². The maximum absolute atomic E-state index is 12.9. The quantitative estimate of drug-likeness (QED) is 0.737. The average molecular weight is 420 g/mol. The summed E-state index contributed by atoms with van der Waals surface area (Å²) in [6.45, 7) is 3.04. The van der Waals surface area contributed by atoms with E-state index >= 15 is 0 Å². The molecule has 1 saturated heterocycles. The molecule has 8 nitrogen and oxygen atoms in total. The Morgan fingerprint density at radius 1 is 1.14 bits per heavy atom. The van der Waals surface area contributed by atoms with Gasteiger partial charge >= 0.3 is 0 Å². The number of hydrogen-bond acceptors (Lipinski definition) is 6. The summed E-state index contributed by atoms with van der Waals surface area (Å²) < 4.78 is 43.0. The van der Waals surface area contributed by atoms with Crippen LogP contribution in [0.3, 0.4) is 0 Å². The van der Waals surface area contributed by atoms with Crippen molar-refractivity contribution in [3.63, 3.8) is 0 Å². The highest BCUT2D eigenvalue weighted by Gasteiger charge is 2.27. The fraction of sp³-hybridized carbons (Fsp3) is 0.350. The number of benzene rings is 2. The third-order valence-electron chi connectivity index (χ3n) is 4.44.